The second-order valence-corrected chi connectivity index (χ2v) is 8.64. The zero-order valence-corrected chi connectivity index (χ0v) is 19.9. The SMILES string of the molecule is CCN(CC)c1ccc(/C=N\Nc2nc(N3CCCCC3)nc(N3CCCCC3)n2)c(O)c1. The molecule has 2 aliphatic heterocycles. The summed E-state index contributed by atoms with van der Waals surface area (Å²) in [6.07, 6.45) is 8.76. The maximum atomic E-state index is 10.5. The van der Waals surface area contributed by atoms with Gasteiger partial charge in [0.05, 0.1) is 6.21 Å². The molecule has 0 aliphatic carbocycles. The quantitative estimate of drug-likeness (QED) is 0.461. The maximum absolute atomic E-state index is 10.5. The number of benzene rings is 1. The summed E-state index contributed by atoms with van der Waals surface area (Å²) in [4.78, 5) is 20.8. The van der Waals surface area contributed by atoms with Gasteiger partial charge in [-0.1, -0.05) is 0 Å². The molecule has 9 nitrogen and oxygen atoms in total. The third-order valence-corrected chi connectivity index (χ3v) is 6.40. The van der Waals surface area contributed by atoms with E-state index in [4.69, 9.17) is 4.98 Å². The van der Waals surface area contributed by atoms with Gasteiger partial charge in [0.25, 0.3) is 0 Å². The van der Waals surface area contributed by atoms with Gasteiger partial charge in [0.15, 0.2) is 0 Å². The van der Waals surface area contributed by atoms with Gasteiger partial charge in [0.1, 0.15) is 5.75 Å². The minimum Gasteiger partial charge on any atom is -0.507 e. The molecule has 0 amide bonds. The minimum absolute atomic E-state index is 0.198. The highest BCUT2D eigenvalue weighted by Gasteiger charge is 2.20. The molecular weight excluding hydrogens is 416 g/mol. The molecule has 2 saturated heterocycles. The number of piperidine rings is 2. The standard InChI is InChI=1S/C24H36N8O/c1-3-30(4-2)20-12-11-19(21(33)17-20)18-25-29-22-26-23(31-13-7-5-8-14-31)28-24(27-22)32-15-9-6-10-16-32/h11-12,17-18,33H,3-10,13-16H2,1-2H3,(H,26,27,28,29)/b25-18-. The van der Waals surface area contributed by atoms with Crippen molar-refractivity contribution in [2.24, 2.45) is 5.10 Å². The summed E-state index contributed by atoms with van der Waals surface area (Å²) in [5.41, 5.74) is 4.61. The van der Waals surface area contributed by atoms with Crippen LogP contribution in [0.5, 0.6) is 5.75 Å². The van der Waals surface area contributed by atoms with Crippen LogP contribution >= 0.6 is 0 Å². The van der Waals surface area contributed by atoms with E-state index in [0.29, 0.717) is 11.5 Å². The van der Waals surface area contributed by atoms with E-state index in [2.05, 4.69) is 49.0 Å². The topological polar surface area (TPSA) is 93.0 Å². The Kier molecular flexibility index (Phi) is 7.80. The van der Waals surface area contributed by atoms with E-state index in [-0.39, 0.29) is 5.75 Å². The first-order chi connectivity index (χ1) is 16.2. The Balaban J connectivity index is 1.52. The molecule has 3 heterocycles. The first kappa shape index (κ1) is 23.1. The molecule has 2 aliphatic rings. The fraction of sp³-hybridized carbons (Fsp3) is 0.583. The van der Waals surface area contributed by atoms with Crippen LogP contribution in [0.25, 0.3) is 0 Å². The number of aromatic hydroxyl groups is 1. The Bertz CT molecular complexity index is 898. The van der Waals surface area contributed by atoms with Crippen molar-refractivity contribution in [2.75, 3.05) is 59.4 Å². The van der Waals surface area contributed by atoms with Crippen LogP contribution in [-0.2, 0) is 0 Å². The van der Waals surface area contributed by atoms with Gasteiger partial charge in [-0.25, -0.2) is 5.43 Å². The van der Waals surface area contributed by atoms with Crippen molar-refractivity contribution in [3.8, 4) is 5.75 Å². The molecule has 0 radical (unpaired) electrons. The van der Waals surface area contributed by atoms with Crippen LogP contribution < -0.4 is 20.1 Å². The van der Waals surface area contributed by atoms with Crippen LogP contribution in [0, 0.1) is 0 Å². The Morgan fingerprint density at radius 3 is 2.00 bits per heavy atom. The Labute approximate surface area is 196 Å². The van der Waals surface area contributed by atoms with Crippen LogP contribution in [0.15, 0.2) is 23.3 Å². The van der Waals surface area contributed by atoms with Gasteiger partial charge in [-0.05, 0) is 64.5 Å². The van der Waals surface area contributed by atoms with Crippen molar-refractivity contribution < 1.29 is 5.11 Å². The number of nitrogens with zero attached hydrogens (tertiary/aromatic N) is 7. The molecule has 2 N–H and O–H groups in total. The third-order valence-electron chi connectivity index (χ3n) is 6.40. The fourth-order valence-electron chi connectivity index (χ4n) is 4.46. The molecule has 33 heavy (non-hydrogen) atoms. The highest BCUT2D eigenvalue weighted by molar-refractivity contribution is 5.84. The molecule has 0 unspecified atom stereocenters. The molecule has 0 saturated carbocycles. The molecule has 2 fully saturated rings. The lowest BCUT2D eigenvalue weighted by Crippen LogP contribution is -2.34. The molecular formula is C24H36N8O. The monoisotopic (exact) mass is 452 g/mol. The molecule has 9 heteroatoms. The summed E-state index contributed by atoms with van der Waals surface area (Å²) in [6.45, 7) is 9.87. The zero-order chi connectivity index (χ0) is 23.0. The lowest BCUT2D eigenvalue weighted by Gasteiger charge is -2.30. The van der Waals surface area contributed by atoms with E-state index in [1.807, 2.05) is 12.1 Å². The van der Waals surface area contributed by atoms with E-state index in [1.165, 1.54) is 12.8 Å². The molecule has 1 aromatic carbocycles. The highest BCUT2D eigenvalue weighted by atomic mass is 16.3. The lowest BCUT2D eigenvalue weighted by atomic mass is 10.1. The third kappa shape index (κ3) is 5.83. The normalized spacial score (nSPS) is 16.9. The highest BCUT2D eigenvalue weighted by Crippen LogP contribution is 2.24. The maximum Gasteiger partial charge on any atom is 0.250 e. The van der Waals surface area contributed by atoms with Crippen LogP contribution in [0.2, 0.25) is 0 Å². The number of nitrogens with one attached hydrogen (secondary N) is 1. The Hall–Kier alpha value is -3.10. The molecule has 4 rings (SSSR count). The largest absolute Gasteiger partial charge is 0.507 e. The van der Waals surface area contributed by atoms with E-state index in [0.717, 1.165) is 82.5 Å². The number of hydrogen-bond donors (Lipinski definition) is 2. The molecule has 178 valence electrons. The summed E-state index contributed by atoms with van der Waals surface area (Å²) in [5, 5.41) is 14.8. The molecule has 2 aromatic rings. The van der Waals surface area contributed by atoms with Crippen molar-refractivity contribution in [3.05, 3.63) is 23.8 Å². The van der Waals surface area contributed by atoms with Crippen molar-refractivity contribution >= 4 is 29.7 Å². The summed E-state index contributed by atoms with van der Waals surface area (Å²) in [7, 11) is 0. The lowest BCUT2D eigenvalue weighted by molar-refractivity contribution is 0.474. The van der Waals surface area contributed by atoms with Gasteiger partial charge in [-0.2, -0.15) is 20.1 Å². The van der Waals surface area contributed by atoms with Crippen molar-refractivity contribution in [1.29, 1.82) is 0 Å². The van der Waals surface area contributed by atoms with Crippen LogP contribution in [0.3, 0.4) is 0 Å². The van der Waals surface area contributed by atoms with Gasteiger partial charge in [-0.15, -0.1) is 0 Å². The second-order valence-electron chi connectivity index (χ2n) is 8.64. The van der Waals surface area contributed by atoms with Crippen molar-refractivity contribution in [1.82, 2.24) is 15.0 Å². The summed E-state index contributed by atoms with van der Waals surface area (Å²) in [5.74, 6) is 2.06. The number of aromatic nitrogens is 3. The Morgan fingerprint density at radius 2 is 1.48 bits per heavy atom. The predicted molar refractivity (Wildman–Crippen MR) is 135 cm³/mol. The number of hydrogen-bond acceptors (Lipinski definition) is 9. The first-order valence-corrected chi connectivity index (χ1v) is 12.3. The average molecular weight is 453 g/mol. The van der Waals surface area contributed by atoms with Gasteiger partial charge in [-0.3, -0.25) is 0 Å². The van der Waals surface area contributed by atoms with Gasteiger partial charge >= 0.3 is 0 Å². The second kappa shape index (κ2) is 11.2. The summed E-state index contributed by atoms with van der Waals surface area (Å²) >= 11 is 0. The summed E-state index contributed by atoms with van der Waals surface area (Å²) < 4.78 is 0. The molecule has 0 spiro atoms. The van der Waals surface area contributed by atoms with E-state index < -0.39 is 0 Å². The average Bonchev–Trinajstić information content (AvgIpc) is 2.87. The van der Waals surface area contributed by atoms with E-state index in [9.17, 15) is 5.11 Å². The van der Waals surface area contributed by atoms with Crippen LogP contribution in [0.1, 0.15) is 57.9 Å². The first-order valence-electron chi connectivity index (χ1n) is 12.3. The van der Waals surface area contributed by atoms with Gasteiger partial charge in [0.2, 0.25) is 17.8 Å². The summed E-state index contributed by atoms with van der Waals surface area (Å²) in [6, 6.07) is 5.65. The van der Waals surface area contributed by atoms with Gasteiger partial charge < -0.3 is 19.8 Å². The molecule has 0 bridgehead atoms. The van der Waals surface area contributed by atoms with Crippen molar-refractivity contribution in [3.63, 3.8) is 0 Å². The van der Waals surface area contributed by atoms with Crippen LogP contribution in [0.4, 0.5) is 23.5 Å². The van der Waals surface area contributed by atoms with E-state index in [1.54, 1.807) is 12.3 Å². The number of rotatable bonds is 8. The molecule has 1 aromatic heterocycles. The van der Waals surface area contributed by atoms with Crippen LogP contribution in [-0.4, -0.2) is 65.5 Å². The number of anilines is 4. The number of phenols is 1. The Morgan fingerprint density at radius 1 is 0.909 bits per heavy atom. The molecule has 0 atom stereocenters. The van der Waals surface area contributed by atoms with Gasteiger partial charge in [0, 0.05) is 56.6 Å². The predicted octanol–water partition coefficient (Wildman–Crippen LogP) is 3.85. The fourth-order valence-corrected chi connectivity index (χ4v) is 4.46. The van der Waals surface area contributed by atoms with Crippen molar-refractivity contribution in [2.45, 2.75) is 52.4 Å². The number of phenolic OH excluding ortho intramolecular Hbond substituents is 1. The number of hydrazone groups is 1. The van der Waals surface area contributed by atoms with E-state index >= 15 is 0 Å². The zero-order valence-electron chi connectivity index (χ0n) is 19.9. The smallest absolute Gasteiger partial charge is 0.250 e. The minimum atomic E-state index is 0.198.